The fraction of sp³-hybridized carbons (Fsp3) is 0. The van der Waals surface area contributed by atoms with Gasteiger partial charge in [-0.3, -0.25) is 4.79 Å². The van der Waals surface area contributed by atoms with Crippen molar-refractivity contribution in [2.45, 2.75) is 0 Å². The molecule has 0 aliphatic rings. The summed E-state index contributed by atoms with van der Waals surface area (Å²) in [6.07, 6.45) is 2.81. The van der Waals surface area contributed by atoms with Gasteiger partial charge in [0.1, 0.15) is 0 Å². The molecule has 0 amide bonds. The molecule has 0 radical (unpaired) electrons. The number of pyridine rings is 1. The Labute approximate surface area is 113 Å². The first-order valence-electron chi connectivity index (χ1n) is 5.61. The van der Waals surface area contributed by atoms with E-state index < -0.39 is 0 Å². The Morgan fingerprint density at radius 2 is 1.78 bits per heavy atom. The van der Waals surface area contributed by atoms with E-state index >= 15 is 0 Å². The lowest BCUT2D eigenvalue weighted by Gasteiger charge is -2.03. The molecule has 1 aromatic carbocycles. The molecule has 0 atom stereocenters. The van der Waals surface area contributed by atoms with Crippen molar-refractivity contribution in [1.29, 1.82) is 0 Å². The van der Waals surface area contributed by atoms with Crippen molar-refractivity contribution in [3.8, 4) is 11.1 Å². The van der Waals surface area contributed by atoms with Gasteiger partial charge in [0.2, 0.25) is 0 Å². The van der Waals surface area contributed by atoms with E-state index in [-0.39, 0.29) is 0 Å². The van der Waals surface area contributed by atoms with Crippen LogP contribution >= 0.6 is 15.9 Å². The predicted molar refractivity (Wildman–Crippen MR) is 75.9 cm³/mol. The molecule has 0 fully saturated rings. The van der Waals surface area contributed by atoms with E-state index in [1.807, 2.05) is 59.1 Å². The van der Waals surface area contributed by atoms with Gasteiger partial charge in [-0.05, 0) is 29.8 Å². The largest absolute Gasteiger partial charge is 0.314 e. The number of halogens is 1. The Morgan fingerprint density at radius 3 is 2.56 bits per heavy atom. The molecule has 3 heteroatoms. The molecule has 0 N–H and O–H groups in total. The second-order valence-electron chi connectivity index (χ2n) is 4.04. The van der Waals surface area contributed by atoms with Crippen LogP contribution in [0.2, 0.25) is 0 Å². The van der Waals surface area contributed by atoms with Crippen molar-refractivity contribution in [2.24, 2.45) is 0 Å². The Hall–Kier alpha value is -1.87. The number of aldehydes is 1. The minimum atomic E-state index is 0.678. The number of hydrogen-bond acceptors (Lipinski definition) is 1. The van der Waals surface area contributed by atoms with E-state index in [2.05, 4.69) is 15.9 Å². The number of carbonyl (C=O) groups is 1. The lowest BCUT2D eigenvalue weighted by atomic mass is 10.1. The summed E-state index contributed by atoms with van der Waals surface area (Å²) in [5.74, 6) is 0. The Morgan fingerprint density at radius 1 is 1.00 bits per heavy atom. The van der Waals surface area contributed by atoms with Gasteiger partial charge in [0.25, 0.3) is 0 Å². The number of carbonyl (C=O) groups excluding carboxylic acids is 1. The van der Waals surface area contributed by atoms with Crippen LogP contribution in [0, 0.1) is 0 Å². The fourth-order valence-corrected chi connectivity index (χ4v) is 2.66. The summed E-state index contributed by atoms with van der Waals surface area (Å²) >= 11 is 3.53. The second kappa shape index (κ2) is 4.42. The molecule has 18 heavy (non-hydrogen) atoms. The SMILES string of the molecule is O=Cc1c(-c2ccccc2Br)cc2ccccn12. The lowest BCUT2D eigenvalue weighted by Crippen LogP contribution is -1.91. The number of nitrogens with zero attached hydrogens (tertiary/aromatic N) is 1. The van der Waals surface area contributed by atoms with Crippen LogP contribution < -0.4 is 0 Å². The van der Waals surface area contributed by atoms with Crippen molar-refractivity contribution >= 4 is 27.7 Å². The van der Waals surface area contributed by atoms with Crippen molar-refractivity contribution < 1.29 is 4.79 Å². The van der Waals surface area contributed by atoms with Crippen molar-refractivity contribution in [3.63, 3.8) is 0 Å². The monoisotopic (exact) mass is 299 g/mol. The molecule has 88 valence electrons. The minimum Gasteiger partial charge on any atom is -0.314 e. The van der Waals surface area contributed by atoms with E-state index in [0.29, 0.717) is 5.69 Å². The van der Waals surface area contributed by atoms with E-state index in [1.54, 1.807) is 0 Å². The molecule has 0 spiro atoms. The average molecular weight is 300 g/mol. The molecule has 3 aromatic rings. The number of rotatable bonds is 2. The summed E-state index contributed by atoms with van der Waals surface area (Å²) in [7, 11) is 0. The summed E-state index contributed by atoms with van der Waals surface area (Å²) in [6, 6.07) is 15.8. The Balaban J connectivity index is 2.36. The highest BCUT2D eigenvalue weighted by Crippen LogP contribution is 2.32. The molecule has 2 aromatic heterocycles. The van der Waals surface area contributed by atoms with Gasteiger partial charge in [-0.25, -0.2) is 0 Å². The maximum Gasteiger partial charge on any atom is 0.167 e. The van der Waals surface area contributed by atoms with Crippen molar-refractivity contribution in [3.05, 3.63) is 64.9 Å². The molecule has 0 saturated carbocycles. The molecular weight excluding hydrogens is 290 g/mol. The van der Waals surface area contributed by atoms with Gasteiger partial charge in [0.15, 0.2) is 6.29 Å². The topological polar surface area (TPSA) is 21.5 Å². The lowest BCUT2D eigenvalue weighted by molar-refractivity contribution is 0.111. The smallest absolute Gasteiger partial charge is 0.167 e. The van der Waals surface area contributed by atoms with Crippen LogP contribution in [0.1, 0.15) is 10.5 Å². The highest BCUT2D eigenvalue weighted by atomic mass is 79.9. The molecule has 2 nitrogen and oxygen atoms in total. The van der Waals surface area contributed by atoms with Crippen LogP contribution in [-0.2, 0) is 0 Å². The van der Waals surface area contributed by atoms with Crippen molar-refractivity contribution in [1.82, 2.24) is 4.40 Å². The molecule has 0 saturated heterocycles. The van der Waals surface area contributed by atoms with E-state index in [0.717, 1.165) is 27.4 Å². The maximum atomic E-state index is 11.4. The molecule has 0 aliphatic heterocycles. The van der Waals surface area contributed by atoms with Gasteiger partial charge in [0, 0.05) is 21.7 Å². The first kappa shape index (κ1) is 11.2. The first-order valence-corrected chi connectivity index (χ1v) is 6.41. The second-order valence-corrected chi connectivity index (χ2v) is 4.89. The predicted octanol–water partition coefficient (Wildman–Crippen LogP) is 4.18. The summed E-state index contributed by atoms with van der Waals surface area (Å²) in [5.41, 5.74) is 3.68. The number of benzene rings is 1. The number of aromatic nitrogens is 1. The Kier molecular flexibility index (Phi) is 2.76. The third-order valence-electron chi connectivity index (χ3n) is 2.99. The van der Waals surface area contributed by atoms with E-state index in [4.69, 9.17) is 0 Å². The zero-order valence-corrected chi connectivity index (χ0v) is 11.1. The van der Waals surface area contributed by atoms with Crippen LogP contribution in [0.15, 0.2) is 59.2 Å². The molecule has 2 heterocycles. The average Bonchev–Trinajstić information content (AvgIpc) is 2.77. The van der Waals surface area contributed by atoms with Crippen LogP contribution in [0.4, 0.5) is 0 Å². The number of fused-ring (bicyclic) bond motifs is 1. The van der Waals surface area contributed by atoms with Gasteiger partial charge in [-0.15, -0.1) is 0 Å². The van der Waals surface area contributed by atoms with Crippen LogP contribution in [-0.4, -0.2) is 10.7 Å². The van der Waals surface area contributed by atoms with Crippen LogP contribution in [0.5, 0.6) is 0 Å². The van der Waals surface area contributed by atoms with E-state index in [1.165, 1.54) is 0 Å². The number of hydrogen-bond donors (Lipinski definition) is 0. The molecule has 3 rings (SSSR count). The zero-order chi connectivity index (χ0) is 12.5. The summed E-state index contributed by atoms with van der Waals surface area (Å²) < 4.78 is 2.89. The molecule has 0 unspecified atom stereocenters. The first-order chi connectivity index (χ1) is 8.81. The molecular formula is C15H10BrNO. The summed E-state index contributed by atoms with van der Waals surface area (Å²) in [5, 5.41) is 0. The molecule has 0 aliphatic carbocycles. The highest BCUT2D eigenvalue weighted by molar-refractivity contribution is 9.10. The van der Waals surface area contributed by atoms with Crippen LogP contribution in [0.25, 0.3) is 16.6 Å². The van der Waals surface area contributed by atoms with Crippen LogP contribution in [0.3, 0.4) is 0 Å². The van der Waals surface area contributed by atoms with Crippen molar-refractivity contribution in [2.75, 3.05) is 0 Å². The van der Waals surface area contributed by atoms with Gasteiger partial charge in [-0.1, -0.05) is 40.2 Å². The summed E-state index contributed by atoms with van der Waals surface area (Å²) in [6.45, 7) is 0. The third-order valence-corrected chi connectivity index (χ3v) is 3.69. The standard InChI is InChI=1S/C15H10BrNO/c16-14-7-2-1-6-12(14)13-9-11-5-3-4-8-17(11)15(13)10-18/h1-10H. The summed E-state index contributed by atoms with van der Waals surface area (Å²) in [4.78, 5) is 11.4. The van der Waals surface area contributed by atoms with Gasteiger partial charge >= 0.3 is 0 Å². The minimum absolute atomic E-state index is 0.678. The maximum absolute atomic E-state index is 11.4. The fourth-order valence-electron chi connectivity index (χ4n) is 2.16. The van der Waals surface area contributed by atoms with Gasteiger partial charge in [-0.2, -0.15) is 0 Å². The van der Waals surface area contributed by atoms with Gasteiger partial charge < -0.3 is 4.40 Å². The quantitative estimate of drug-likeness (QED) is 0.651. The van der Waals surface area contributed by atoms with E-state index in [9.17, 15) is 4.79 Å². The van der Waals surface area contributed by atoms with Gasteiger partial charge in [0.05, 0.1) is 5.69 Å². The normalized spacial score (nSPS) is 10.7. The molecule has 0 bridgehead atoms. The Bertz CT molecular complexity index is 730. The third kappa shape index (κ3) is 1.68. The zero-order valence-electron chi connectivity index (χ0n) is 9.51. The highest BCUT2D eigenvalue weighted by Gasteiger charge is 2.12.